The molecule has 62 heavy (non-hydrogen) atoms. The molecule has 6 aliphatic rings. The molecule has 4 amide bonds. The van der Waals surface area contributed by atoms with Crippen molar-refractivity contribution in [3.05, 3.63) is 36.0 Å². The van der Waals surface area contributed by atoms with Gasteiger partial charge in [0.2, 0.25) is 34.1 Å². The number of benzene rings is 1. The van der Waals surface area contributed by atoms with Crippen molar-refractivity contribution in [3.8, 4) is 11.6 Å². The van der Waals surface area contributed by atoms with Gasteiger partial charge in [0, 0.05) is 24.3 Å². The van der Waals surface area contributed by atoms with Crippen LogP contribution in [0.5, 0.6) is 11.6 Å². The average molecular weight is 885 g/mol. The van der Waals surface area contributed by atoms with Crippen molar-refractivity contribution in [2.24, 2.45) is 35.0 Å². The van der Waals surface area contributed by atoms with Crippen LogP contribution < -0.4 is 24.8 Å². The minimum absolute atomic E-state index is 0.115. The van der Waals surface area contributed by atoms with Gasteiger partial charge in [-0.3, -0.25) is 19.1 Å². The van der Waals surface area contributed by atoms with E-state index >= 15 is 4.79 Å². The Balaban J connectivity index is 1.16. The second-order valence-corrected chi connectivity index (χ2v) is 21.9. The van der Waals surface area contributed by atoms with Gasteiger partial charge < -0.3 is 29.7 Å². The van der Waals surface area contributed by atoms with Crippen LogP contribution in [0.1, 0.15) is 98.1 Å². The summed E-state index contributed by atoms with van der Waals surface area (Å²) in [6, 6.07) is 2.79. The zero-order valence-corrected chi connectivity index (χ0v) is 36.9. The van der Waals surface area contributed by atoms with Crippen LogP contribution in [0.15, 0.2) is 30.4 Å². The summed E-state index contributed by atoms with van der Waals surface area (Å²) in [5.41, 5.74) is -1.14. The molecule has 2 bridgehead atoms. The number of ether oxygens (including phenoxy) is 3. The molecule has 3 saturated carbocycles. The number of hydrogen-bond acceptors (Lipinski definition) is 11. The SMILES string of the molecule is COc1ccc2nc3c(nc2c1)O[C@H]1CN(C(=O)[C@H](C(C)(C)C)NC(=O)O[C@@H]2C[C@@H]4C=C[C@@H]4[C@H]2CCCCC3)[C@H](C(=O)N[C@]2(C(=O)NS(=O)(=O)C3(C)CC3)C[C@H]2CC(F)F)[C@@H]1C. The third-order valence-corrected chi connectivity index (χ3v) is 16.5. The number of nitrogens with zero attached hydrogens (tertiary/aromatic N) is 3. The van der Waals surface area contributed by atoms with Crippen molar-refractivity contribution >= 4 is 44.9 Å². The molecule has 0 radical (unpaired) electrons. The number of rotatable bonds is 8. The van der Waals surface area contributed by atoms with E-state index in [0.717, 1.165) is 25.7 Å². The maximum Gasteiger partial charge on any atom is 0.408 e. The predicted molar refractivity (Wildman–Crippen MR) is 223 cm³/mol. The molecule has 10 atom stereocenters. The molecule has 1 aromatic carbocycles. The van der Waals surface area contributed by atoms with E-state index in [-0.39, 0.29) is 30.9 Å². The summed E-state index contributed by atoms with van der Waals surface area (Å²) in [6.07, 6.45) is 3.74. The van der Waals surface area contributed by atoms with E-state index in [1.165, 1.54) is 11.8 Å². The van der Waals surface area contributed by atoms with Crippen LogP contribution in [-0.4, -0.2) is 102 Å². The number of carbonyl (C=O) groups is 4. The van der Waals surface area contributed by atoms with Crippen LogP contribution in [0.25, 0.3) is 11.0 Å². The molecule has 0 spiro atoms. The number of aryl methyl sites for hydroxylation is 1. The quantitative estimate of drug-likeness (QED) is 0.295. The molecule has 3 heterocycles. The number of amides is 4. The number of carbonyl (C=O) groups excluding carboxylic acids is 4. The molecule has 1 aromatic heterocycles. The molecule has 4 aliphatic carbocycles. The van der Waals surface area contributed by atoms with Gasteiger partial charge in [0.1, 0.15) is 41.3 Å². The van der Waals surface area contributed by atoms with Gasteiger partial charge >= 0.3 is 6.09 Å². The Morgan fingerprint density at radius 3 is 2.48 bits per heavy atom. The standard InChI is InChI=1S/C44H58F2N6O9S/c1-23-33-22-52(35(23)37(53)50-44(21-25(44)19-34(45)46)40(55)51-62(57,58)43(5)16-17-43)39(54)36(42(2,3)4)49-41(56)61-32-18-24-12-14-27(24)28(32)10-8-7-9-11-30-38(60-33)48-31-20-26(59-6)13-15-29(31)47-30/h12-15,20,23-25,27-28,32-36H,7-11,16-19,21-22H2,1-6H3,(H,49,56)(H,50,53)(H,51,55)/t23-,24+,25-,27+,28-,32-,33+,35+,36-,44-/m1/s1. The summed E-state index contributed by atoms with van der Waals surface area (Å²) in [4.78, 5) is 68.6. The fourth-order valence-corrected chi connectivity index (χ4v) is 11.2. The number of fused-ring (bicyclic) bond motifs is 7. The van der Waals surface area contributed by atoms with Crippen LogP contribution in [0.2, 0.25) is 0 Å². The molecule has 8 rings (SSSR count). The number of alkyl halides is 2. The molecular weight excluding hydrogens is 827 g/mol. The molecule has 15 nitrogen and oxygen atoms in total. The highest BCUT2D eigenvalue weighted by molar-refractivity contribution is 7.91. The monoisotopic (exact) mass is 884 g/mol. The van der Waals surface area contributed by atoms with Crippen molar-refractivity contribution < 1.29 is 50.6 Å². The summed E-state index contributed by atoms with van der Waals surface area (Å²) in [6.45, 7) is 8.35. The van der Waals surface area contributed by atoms with Crippen LogP contribution in [0.3, 0.4) is 0 Å². The molecule has 2 aliphatic heterocycles. The molecule has 2 aromatic rings. The average Bonchev–Trinajstić information content (AvgIpc) is 4.06. The summed E-state index contributed by atoms with van der Waals surface area (Å²) in [5.74, 6) is -2.94. The number of halogens is 2. The van der Waals surface area contributed by atoms with Crippen LogP contribution in [0, 0.1) is 35.0 Å². The lowest BCUT2D eigenvalue weighted by Gasteiger charge is -2.36. The summed E-state index contributed by atoms with van der Waals surface area (Å²) < 4.78 is 73.2. The highest BCUT2D eigenvalue weighted by atomic mass is 32.2. The smallest absolute Gasteiger partial charge is 0.408 e. The summed E-state index contributed by atoms with van der Waals surface area (Å²) >= 11 is 0. The van der Waals surface area contributed by atoms with Gasteiger partial charge in [-0.1, -0.05) is 52.7 Å². The molecular formula is C44H58F2N6O9S. The third kappa shape index (κ3) is 8.31. The maximum absolute atomic E-state index is 15.0. The van der Waals surface area contributed by atoms with E-state index in [2.05, 4.69) is 27.5 Å². The molecule has 18 heteroatoms. The van der Waals surface area contributed by atoms with E-state index in [9.17, 15) is 31.6 Å². The highest BCUT2D eigenvalue weighted by Crippen LogP contribution is 2.50. The van der Waals surface area contributed by atoms with Crippen molar-refractivity contribution in [3.63, 3.8) is 0 Å². The van der Waals surface area contributed by atoms with Crippen molar-refractivity contribution in [1.29, 1.82) is 0 Å². The molecule has 3 N–H and O–H groups in total. The van der Waals surface area contributed by atoms with Gasteiger partial charge in [-0.15, -0.1) is 0 Å². The lowest BCUT2D eigenvalue weighted by atomic mass is 9.78. The Morgan fingerprint density at radius 1 is 1.06 bits per heavy atom. The second-order valence-electron chi connectivity index (χ2n) is 19.7. The van der Waals surface area contributed by atoms with E-state index in [1.54, 1.807) is 46.9 Å². The largest absolute Gasteiger partial charge is 0.497 e. The number of aromatic nitrogens is 2. The Bertz CT molecular complexity index is 2270. The normalized spacial score (nSPS) is 33.0. The first-order valence-electron chi connectivity index (χ1n) is 21.9. The van der Waals surface area contributed by atoms with E-state index in [1.807, 2.05) is 6.07 Å². The van der Waals surface area contributed by atoms with Gasteiger partial charge in [-0.25, -0.2) is 32.0 Å². The predicted octanol–water partition coefficient (Wildman–Crippen LogP) is 5.21. The molecule has 1 saturated heterocycles. The van der Waals surface area contributed by atoms with Crippen LogP contribution in [0.4, 0.5) is 13.6 Å². The van der Waals surface area contributed by atoms with Gasteiger partial charge in [-0.05, 0) is 87.2 Å². The first-order chi connectivity index (χ1) is 29.2. The van der Waals surface area contributed by atoms with Crippen LogP contribution in [-0.2, 0) is 35.6 Å². The lowest BCUT2D eigenvalue weighted by molar-refractivity contribution is -0.143. The van der Waals surface area contributed by atoms with Crippen molar-refractivity contribution in [2.45, 2.75) is 140 Å². The van der Waals surface area contributed by atoms with Crippen LogP contribution >= 0.6 is 0 Å². The Labute approximate surface area is 360 Å². The Morgan fingerprint density at radius 2 is 1.82 bits per heavy atom. The number of hydrogen-bond donors (Lipinski definition) is 3. The lowest BCUT2D eigenvalue weighted by Crippen LogP contribution is -2.61. The number of alkyl carbamates (subject to hydrolysis) is 1. The second kappa shape index (κ2) is 16.2. The van der Waals surface area contributed by atoms with Crippen molar-refractivity contribution in [2.75, 3.05) is 13.7 Å². The first-order valence-corrected chi connectivity index (χ1v) is 23.4. The molecule has 4 fully saturated rings. The van der Waals surface area contributed by atoms with Gasteiger partial charge in [-0.2, -0.15) is 0 Å². The number of allylic oxidation sites excluding steroid dienone is 2. The zero-order valence-electron chi connectivity index (χ0n) is 36.1. The van der Waals surface area contributed by atoms with E-state index in [4.69, 9.17) is 24.2 Å². The summed E-state index contributed by atoms with van der Waals surface area (Å²) in [7, 11) is -2.65. The Hall–Kier alpha value is -4.61. The number of sulfonamides is 1. The topological polar surface area (TPSA) is 195 Å². The molecule has 338 valence electrons. The fraction of sp³-hybridized carbons (Fsp3) is 0.682. The summed E-state index contributed by atoms with van der Waals surface area (Å²) in [5, 5.41) is 5.51. The maximum atomic E-state index is 15.0. The minimum atomic E-state index is -4.19. The fourth-order valence-electron chi connectivity index (χ4n) is 9.94. The third-order valence-electron chi connectivity index (χ3n) is 14.3. The highest BCUT2D eigenvalue weighted by Gasteiger charge is 2.65. The first kappa shape index (κ1) is 44.0. The van der Waals surface area contributed by atoms with Gasteiger partial charge in [0.25, 0.3) is 5.91 Å². The zero-order chi connectivity index (χ0) is 44.5. The van der Waals surface area contributed by atoms with Crippen molar-refractivity contribution in [1.82, 2.24) is 30.2 Å². The van der Waals surface area contributed by atoms with E-state index in [0.29, 0.717) is 60.0 Å². The Kier molecular flexibility index (Phi) is 11.5. The van der Waals surface area contributed by atoms with E-state index < -0.39 is 92.4 Å². The number of nitrogens with one attached hydrogen (secondary N) is 3. The van der Waals surface area contributed by atoms with Gasteiger partial charge in [0.05, 0.1) is 29.4 Å². The minimum Gasteiger partial charge on any atom is -0.497 e. The van der Waals surface area contributed by atoms with Gasteiger partial charge in [0.15, 0.2) is 0 Å². The molecule has 0 unspecified atom stereocenters. The number of methoxy groups -OCH3 is 1.